The number of phenols is 1. The Balaban J connectivity index is 1.66. The van der Waals surface area contributed by atoms with E-state index in [1.54, 1.807) is 6.07 Å². The van der Waals surface area contributed by atoms with E-state index in [0.29, 0.717) is 30.5 Å². The minimum absolute atomic E-state index is 0.0289. The van der Waals surface area contributed by atoms with E-state index in [1.165, 1.54) is 0 Å². The third-order valence-electron chi connectivity index (χ3n) is 4.99. The van der Waals surface area contributed by atoms with Crippen molar-refractivity contribution in [1.82, 2.24) is 10.2 Å². The second-order valence-electron chi connectivity index (χ2n) is 6.79. The number of carbonyl (C=O) groups is 1. The number of aromatic hydroxyl groups is 1. The molecular formula is C20H21ClN2O3. The number of benzene rings is 2. The summed E-state index contributed by atoms with van der Waals surface area (Å²) >= 11 is 6.10. The van der Waals surface area contributed by atoms with Gasteiger partial charge in [0.25, 0.3) is 0 Å². The van der Waals surface area contributed by atoms with Gasteiger partial charge in [0, 0.05) is 23.7 Å². The number of carbonyl (C=O) groups excluding carboxylic acids is 1. The highest BCUT2D eigenvalue weighted by Crippen LogP contribution is 2.38. The van der Waals surface area contributed by atoms with Gasteiger partial charge in [-0.3, -0.25) is 4.79 Å². The van der Waals surface area contributed by atoms with Gasteiger partial charge in [0.15, 0.2) is 11.5 Å². The van der Waals surface area contributed by atoms with Crippen molar-refractivity contribution < 1.29 is 14.6 Å². The number of hydrogen-bond acceptors (Lipinski definition) is 4. The van der Waals surface area contributed by atoms with Gasteiger partial charge in [-0.05, 0) is 48.4 Å². The van der Waals surface area contributed by atoms with Crippen LogP contribution in [0.4, 0.5) is 0 Å². The Labute approximate surface area is 157 Å². The lowest BCUT2D eigenvalue weighted by Crippen LogP contribution is -2.37. The molecule has 0 bridgehead atoms. The van der Waals surface area contributed by atoms with Crippen LogP contribution in [-0.4, -0.2) is 42.2 Å². The zero-order valence-electron chi connectivity index (χ0n) is 14.4. The average molecular weight is 373 g/mol. The van der Waals surface area contributed by atoms with Crippen molar-refractivity contribution >= 4 is 17.5 Å². The van der Waals surface area contributed by atoms with Crippen LogP contribution in [0.15, 0.2) is 36.4 Å². The molecule has 0 aromatic heterocycles. The van der Waals surface area contributed by atoms with E-state index in [0.717, 1.165) is 36.2 Å². The van der Waals surface area contributed by atoms with Crippen LogP contribution < -0.4 is 10.1 Å². The predicted octanol–water partition coefficient (Wildman–Crippen LogP) is 3.04. The lowest BCUT2D eigenvalue weighted by Gasteiger charge is -2.23. The maximum Gasteiger partial charge on any atom is 0.227 e. The van der Waals surface area contributed by atoms with E-state index in [9.17, 15) is 9.90 Å². The highest BCUT2D eigenvalue weighted by Gasteiger charge is 2.29. The molecule has 1 fully saturated rings. The summed E-state index contributed by atoms with van der Waals surface area (Å²) in [5, 5.41) is 14.3. The van der Waals surface area contributed by atoms with Crippen LogP contribution in [0.1, 0.15) is 12.0 Å². The number of amides is 1. The molecule has 2 aromatic rings. The van der Waals surface area contributed by atoms with Crippen molar-refractivity contribution in [3.63, 3.8) is 0 Å². The molecule has 0 saturated carbocycles. The summed E-state index contributed by atoms with van der Waals surface area (Å²) in [6, 6.07) is 11.1. The van der Waals surface area contributed by atoms with Crippen molar-refractivity contribution in [3.05, 3.63) is 47.0 Å². The molecule has 2 aromatic carbocycles. The molecule has 1 atom stereocenters. The molecule has 26 heavy (non-hydrogen) atoms. The minimum atomic E-state index is 0.0289. The first-order valence-electron chi connectivity index (χ1n) is 8.86. The molecule has 6 heteroatoms. The fourth-order valence-electron chi connectivity index (χ4n) is 3.65. The first kappa shape index (κ1) is 17.2. The smallest absolute Gasteiger partial charge is 0.227 e. The number of nitrogens with one attached hydrogen (secondary N) is 1. The average Bonchev–Trinajstić information content (AvgIpc) is 3.08. The number of ether oxygens (including phenoxy) is 1. The van der Waals surface area contributed by atoms with E-state index in [4.69, 9.17) is 16.3 Å². The quantitative estimate of drug-likeness (QED) is 0.850. The molecule has 0 aliphatic carbocycles. The van der Waals surface area contributed by atoms with Gasteiger partial charge in [0.2, 0.25) is 5.91 Å². The van der Waals surface area contributed by atoms with Gasteiger partial charge in [-0.15, -0.1) is 0 Å². The number of fused-ring (bicyclic) bond motifs is 1. The summed E-state index contributed by atoms with van der Waals surface area (Å²) in [6.07, 6.45) is 0.872. The molecule has 1 saturated heterocycles. The monoisotopic (exact) mass is 372 g/mol. The van der Waals surface area contributed by atoms with E-state index in [1.807, 2.05) is 35.2 Å². The topological polar surface area (TPSA) is 61.8 Å². The fraction of sp³-hybridized carbons (Fsp3) is 0.350. The summed E-state index contributed by atoms with van der Waals surface area (Å²) in [5.74, 6) is 0.741. The van der Waals surface area contributed by atoms with E-state index >= 15 is 0 Å². The van der Waals surface area contributed by atoms with Crippen molar-refractivity contribution in [2.45, 2.75) is 13.0 Å². The third kappa shape index (κ3) is 3.37. The SMILES string of the molecule is O=C([C@H]1CCNC1)N1CCOc2c(O)cc(-c3cccc(Cl)c3)cc2C1. The van der Waals surface area contributed by atoms with Gasteiger partial charge in [0.05, 0.1) is 12.5 Å². The fourth-order valence-corrected chi connectivity index (χ4v) is 3.84. The molecule has 5 nitrogen and oxygen atoms in total. The first-order valence-corrected chi connectivity index (χ1v) is 9.24. The Morgan fingerprint density at radius 3 is 2.92 bits per heavy atom. The van der Waals surface area contributed by atoms with Gasteiger partial charge in [-0.25, -0.2) is 0 Å². The minimum Gasteiger partial charge on any atom is -0.504 e. The highest BCUT2D eigenvalue weighted by molar-refractivity contribution is 6.30. The standard InChI is InChI=1S/C20H21ClN2O3/c21-17-3-1-2-13(9-17)15-8-16-12-23(20(25)14-4-5-22-11-14)6-7-26-19(16)18(24)10-15/h1-3,8-10,14,22,24H,4-7,11-12H2/t14-/m0/s1. The van der Waals surface area contributed by atoms with Gasteiger partial charge in [0.1, 0.15) is 6.61 Å². The van der Waals surface area contributed by atoms with Gasteiger partial charge < -0.3 is 20.1 Å². The van der Waals surface area contributed by atoms with Crippen molar-refractivity contribution in [2.75, 3.05) is 26.2 Å². The normalized spacial score (nSPS) is 19.6. The van der Waals surface area contributed by atoms with Crippen molar-refractivity contribution in [2.24, 2.45) is 5.92 Å². The van der Waals surface area contributed by atoms with E-state index in [-0.39, 0.29) is 17.6 Å². The summed E-state index contributed by atoms with van der Waals surface area (Å²) < 4.78 is 5.75. The molecule has 1 amide bonds. The molecular weight excluding hydrogens is 352 g/mol. The summed E-state index contributed by atoms with van der Waals surface area (Å²) in [4.78, 5) is 14.6. The Kier molecular flexibility index (Phi) is 4.74. The molecule has 2 aliphatic rings. The number of rotatable bonds is 2. The molecule has 2 heterocycles. The maximum atomic E-state index is 12.8. The summed E-state index contributed by atoms with van der Waals surface area (Å²) in [7, 11) is 0. The van der Waals surface area contributed by atoms with Gasteiger partial charge in [-0.1, -0.05) is 23.7 Å². The highest BCUT2D eigenvalue weighted by atomic mass is 35.5. The Morgan fingerprint density at radius 2 is 2.15 bits per heavy atom. The van der Waals surface area contributed by atoms with Crippen LogP contribution in [0.3, 0.4) is 0 Å². The van der Waals surface area contributed by atoms with Crippen LogP contribution in [0.2, 0.25) is 5.02 Å². The Hall–Kier alpha value is -2.24. The van der Waals surface area contributed by atoms with E-state index < -0.39 is 0 Å². The lowest BCUT2D eigenvalue weighted by molar-refractivity contribution is -0.135. The van der Waals surface area contributed by atoms with Crippen LogP contribution in [0.25, 0.3) is 11.1 Å². The molecule has 2 aliphatic heterocycles. The molecule has 4 rings (SSSR count). The second-order valence-corrected chi connectivity index (χ2v) is 7.23. The molecule has 0 unspecified atom stereocenters. The molecule has 0 radical (unpaired) electrons. The Morgan fingerprint density at radius 1 is 1.27 bits per heavy atom. The Bertz CT molecular complexity index is 834. The third-order valence-corrected chi connectivity index (χ3v) is 5.23. The zero-order chi connectivity index (χ0) is 18.1. The largest absolute Gasteiger partial charge is 0.504 e. The number of halogens is 1. The van der Waals surface area contributed by atoms with Crippen LogP contribution in [0.5, 0.6) is 11.5 Å². The lowest BCUT2D eigenvalue weighted by atomic mass is 10.0. The van der Waals surface area contributed by atoms with Crippen LogP contribution >= 0.6 is 11.6 Å². The zero-order valence-corrected chi connectivity index (χ0v) is 15.1. The number of nitrogens with zero attached hydrogens (tertiary/aromatic N) is 1. The molecule has 136 valence electrons. The number of phenolic OH excluding ortho intramolecular Hbond substituents is 1. The van der Waals surface area contributed by atoms with Crippen LogP contribution in [0, 0.1) is 5.92 Å². The molecule has 2 N–H and O–H groups in total. The van der Waals surface area contributed by atoms with Gasteiger partial charge in [-0.2, -0.15) is 0 Å². The first-order chi connectivity index (χ1) is 12.6. The summed E-state index contributed by atoms with van der Waals surface area (Å²) in [5.41, 5.74) is 2.58. The van der Waals surface area contributed by atoms with Crippen molar-refractivity contribution in [1.29, 1.82) is 0 Å². The summed E-state index contributed by atoms with van der Waals surface area (Å²) in [6.45, 7) is 2.96. The predicted molar refractivity (Wildman–Crippen MR) is 100 cm³/mol. The molecule has 0 spiro atoms. The maximum absolute atomic E-state index is 12.8. The van der Waals surface area contributed by atoms with Crippen LogP contribution in [-0.2, 0) is 11.3 Å². The van der Waals surface area contributed by atoms with E-state index in [2.05, 4.69) is 5.32 Å². The van der Waals surface area contributed by atoms with Crippen molar-refractivity contribution in [3.8, 4) is 22.6 Å². The number of hydrogen-bond donors (Lipinski definition) is 2. The second kappa shape index (κ2) is 7.17. The van der Waals surface area contributed by atoms with Gasteiger partial charge >= 0.3 is 0 Å².